The molecule has 2 atom stereocenters. The van der Waals surface area contributed by atoms with Crippen molar-refractivity contribution in [2.24, 2.45) is 0 Å². The molecule has 0 saturated carbocycles. The van der Waals surface area contributed by atoms with Gasteiger partial charge in [-0.15, -0.1) is 11.8 Å². The van der Waals surface area contributed by atoms with Crippen LogP contribution in [0.25, 0.3) is 0 Å². The van der Waals surface area contributed by atoms with Gasteiger partial charge in [0.05, 0.1) is 24.5 Å². The normalized spacial score (nSPS) is 19.3. The molecule has 3 aromatic rings. The summed E-state index contributed by atoms with van der Waals surface area (Å²) >= 11 is 1.48. The average Bonchev–Trinajstić information content (AvgIpc) is 3.31. The largest absolute Gasteiger partial charge is 0.416 e. The molecule has 1 aliphatic rings. The van der Waals surface area contributed by atoms with Crippen LogP contribution in [-0.2, 0) is 27.7 Å². The third-order valence-electron chi connectivity index (χ3n) is 5.93. The van der Waals surface area contributed by atoms with Crippen molar-refractivity contribution in [3.8, 4) is 0 Å². The number of halogens is 3. The first-order chi connectivity index (χ1) is 16.2. The van der Waals surface area contributed by atoms with E-state index in [-0.39, 0.29) is 16.8 Å². The van der Waals surface area contributed by atoms with Crippen molar-refractivity contribution in [2.75, 3.05) is 13.2 Å². The van der Waals surface area contributed by atoms with Gasteiger partial charge in [-0.1, -0.05) is 50.2 Å². The zero-order valence-electron chi connectivity index (χ0n) is 19.3. The summed E-state index contributed by atoms with van der Waals surface area (Å²) in [6, 6.07) is 17.6. The Morgan fingerprint density at radius 2 is 1.88 bits per heavy atom. The second kappa shape index (κ2) is 10.5. The monoisotopic (exact) mass is 490 g/mol. The SMILES string of the molecule is CC(C)(COCc1ccccc1)c1cc(C2CC(Sc3cccc(C(F)(F)F)c3)CCO2)n[nH]1. The molecule has 4 rings (SSSR count). The van der Waals surface area contributed by atoms with Crippen molar-refractivity contribution < 1.29 is 22.6 Å². The first-order valence-corrected chi connectivity index (χ1v) is 12.2. The summed E-state index contributed by atoms with van der Waals surface area (Å²) in [5.41, 5.74) is 2.03. The number of hydrogen-bond acceptors (Lipinski definition) is 4. The van der Waals surface area contributed by atoms with E-state index in [0.717, 1.165) is 29.4 Å². The Morgan fingerprint density at radius 3 is 2.65 bits per heavy atom. The first-order valence-electron chi connectivity index (χ1n) is 11.3. The van der Waals surface area contributed by atoms with Gasteiger partial charge in [0.2, 0.25) is 0 Å². The van der Waals surface area contributed by atoms with Crippen LogP contribution in [0.5, 0.6) is 0 Å². The van der Waals surface area contributed by atoms with E-state index < -0.39 is 11.7 Å². The molecule has 34 heavy (non-hydrogen) atoms. The second-order valence-corrected chi connectivity index (χ2v) is 10.6. The van der Waals surface area contributed by atoms with Crippen LogP contribution in [0.2, 0.25) is 0 Å². The molecule has 1 aliphatic heterocycles. The molecule has 4 nitrogen and oxygen atoms in total. The number of hydrogen-bond donors (Lipinski definition) is 1. The van der Waals surface area contributed by atoms with E-state index in [1.165, 1.54) is 23.9 Å². The van der Waals surface area contributed by atoms with Gasteiger partial charge in [-0.05, 0) is 42.7 Å². The highest BCUT2D eigenvalue weighted by Gasteiger charge is 2.32. The molecule has 2 unspecified atom stereocenters. The molecule has 1 N–H and O–H groups in total. The van der Waals surface area contributed by atoms with Gasteiger partial charge < -0.3 is 9.47 Å². The van der Waals surface area contributed by atoms with Gasteiger partial charge in [0.25, 0.3) is 0 Å². The van der Waals surface area contributed by atoms with Crippen molar-refractivity contribution in [3.63, 3.8) is 0 Å². The first kappa shape index (κ1) is 24.8. The Bertz CT molecular complexity index is 1070. The topological polar surface area (TPSA) is 47.1 Å². The number of nitrogens with one attached hydrogen (secondary N) is 1. The molecule has 1 fully saturated rings. The van der Waals surface area contributed by atoms with E-state index in [1.807, 2.05) is 36.4 Å². The molecule has 2 heterocycles. The van der Waals surface area contributed by atoms with Gasteiger partial charge >= 0.3 is 6.18 Å². The van der Waals surface area contributed by atoms with Crippen LogP contribution in [0.4, 0.5) is 13.2 Å². The summed E-state index contributed by atoms with van der Waals surface area (Å²) in [5.74, 6) is 0. The summed E-state index contributed by atoms with van der Waals surface area (Å²) in [6.45, 7) is 5.83. The van der Waals surface area contributed by atoms with Crippen molar-refractivity contribution in [3.05, 3.63) is 83.2 Å². The lowest BCUT2D eigenvalue weighted by atomic mass is 9.90. The lowest BCUT2D eigenvalue weighted by Crippen LogP contribution is -2.25. The lowest BCUT2D eigenvalue weighted by molar-refractivity contribution is -0.137. The number of ether oxygens (including phenoxy) is 2. The molecule has 0 spiro atoms. The molecular weight excluding hydrogens is 461 g/mol. The van der Waals surface area contributed by atoms with E-state index in [2.05, 4.69) is 24.0 Å². The van der Waals surface area contributed by atoms with Gasteiger partial charge in [-0.2, -0.15) is 18.3 Å². The fourth-order valence-corrected chi connectivity index (χ4v) is 5.16. The molecule has 8 heteroatoms. The number of rotatable bonds is 8. The highest BCUT2D eigenvalue weighted by atomic mass is 32.2. The number of aromatic amines is 1. The maximum absolute atomic E-state index is 13.0. The summed E-state index contributed by atoms with van der Waals surface area (Å²) in [6.07, 6.45) is -3.05. The van der Waals surface area contributed by atoms with E-state index in [9.17, 15) is 13.2 Å². The Kier molecular flexibility index (Phi) is 7.70. The van der Waals surface area contributed by atoms with Gasteiger partial charge in [-0.25, -0.2) is 0 Å². The molecule has 2 aromatic carbocycles. The number of nitrogens with zero attached hydrogens (tertiary/aromatic N) is 1. The second-order valence-electron chi connectivity index (χ2n) is 9.22. The number of benzene rings is 2. The van der Waals surface area contributed by atoms with Gasteiger partial charge in [-0.3, -0.25) is 5.10 Å². The third-order valence-corrected chi connectivity index (χ3v) is 7.22. The molecule has 1 saturated heterocycles. The molecule has 0 amide bonds. The van der Waals surface area contributed by atoms with E-state index in [4.69, 9.17) is 9.47 Å². The van der Waals surface area contributed by atoms with Crippen LogP contribution < -0.4 is 0 Å². The predicted molar refractivity (Wildman–Crippen MR) is 127 cm³/mol. The smallest absolute Gasteiger partial charge is 0.376 e. The van der Waals surface area contributed by atoms with Crippen molar-refractivity contribution in [1.29, 1.82) is 0 Å². The van der Waals surface area contributed by atoms with E-state index in [1.54, 1.807) is 6.07 Å². The summed E-state index contributed by atoms with van der Waals surface area (Å²) < 4.78 is 51.0. The number of thioether (sulfide) groups is 1. The van der Waals surface area contributed by atoms with E-state index >= 15 is 0 Å². The molecule has 0 aliphatic carbocycles. The van der Waals surface area contributed by atoms with Crippen molar-refractivity contribution in [2.45, 2.75) is 61.1 Å². The predicted octanol–water partition coefficient (Wildman–Crippen LogP) is 6.94. The van der Waals surface area contributed by atoms with Gasteiger partial charge in [0.15, 0.2) is 0 Å². The van der Waals surface area contributed by atoms with Gasteiger partial charge in [0, 0.05) is 27.9 Å². The fourth-order valence-electron chi connectivity index (χ4n) is 3.94. The number of aromatic nitrogens is 2. The van der Waals surface area contributed by atoms with Crippen LogP contribution in [0.3, 0.4) is 0 Å². The van der Waals surface area contributed by atoms with Crippen LogP contribution in [0.15, 0.2) is 65.6 Å². The highest BCUT2D eigenvalue weighted by Crippen LogP contribution is 2.39. The van der Waals surface area contributed by atoms with Crippen LogP contribution in [-0.4, -0.2) is 28.7 Å². The van der Waals surface area contributed by atoms with Gasteiger partial charge in [0.1, 0.15) is 6.10 Å². The zero-order chi connectivity index (χ0) is 24.2. The summed E-state index contributed by atoms with van der Waals surface area (Å²) in [4.78, 5) is 0.625. The summed E-state index contributed by atoms with van der Waals surface area (Å²) in [7, 11) is 0. The molecule has 0 radical (unpaired) electrons. The fraction of sp³-hybridized carbons (Fsp3) is 0.423. The minimum Gasteiger partial charge on any atom is -0.376 e. The van der Waals surface area contributed by atoms with Crippen LogP contribution in [0.1, 0.15) is 55.3 Å². The Balaban J connectivity index is 1.35. The zero-order valence-corrected chi connectivity index (χ0v) is 20.1. The Morgan fingerprint density at radius 1 is 1.09 bits per heavy atom. The maximum atomic E-state index is 13.0. The Hall–Kier alpha value is -2.29. The third kappa shape index (κ3) is 6.43. The van der Waals surface area contributed by atoms with Crippen molar-refractivity contribution in [1.82, 2.24) is 10.2 Å². The van der Waals surface area contributed by atoms with Crippen LogP contribution >= 0.6 is 11.8 Å². The summed E-state index contributed by atoms with van der Waals surface area (Å²) in [5, 5.41) is 7.79. The van der Waals surface area contributed by atoms with E-state index in [0.29, 0.717) is 31.1 Å². The minimum atomic E-state index is -4.34. The Labute approximate surface area is 202 Å². The quantitative estimate of drug-likeness (QED) is 0.372. The minimum absolute atomic E-state index is 0.157. The van der Waals surface area contributed by atoms with Crippen molar-refractivity contribution >= 4 is 11.8 Å². The molecular formula is C26H29F3N2O2S. The number of H-pyrrole nitrogens is 1. The highest BCUT2D eigenvalue weighted by molar-refractivity contribution is 8.00. The average molecular weight is 491 g/mol. The molecule has 182 valence electrons. The van der Waals surface area contributed by atoms with Crippen LogP contribution in [0, 0.1) is 0 Å². The molecule has 1 aromatic heterocycles. The molecule has 0 bridgehead atoms. The standard InChI is InChI=1S/C26H29F3N2O2S/c1-25(2,17-32-16-18-7-4-3-5-8-18)24-15-22(30-31-24)23-14-21(11-12-33-23)34-20-10-6-9-19(13-20)26(27,28)29/h3-10,13,15,21,23H,11-12,14,16-17H2,1-2H3,(H,30,31). The lowest BCUT2D eigenvalue weighted by Gasteiger charge is -2.28. The number of alkyl halides is 3. The maximum Gasteiger partial charge on any atom is 0.416 e.